The van der Waals surface area contributed by atoms with Gasteiger partial charge in [0.25, 0.3) is 5.91 Å². The maximum atomic E-state index is 14.8. The minimum atomic E-state index is -1.96. The van der Waals surface area contributed by atoms with Gasteiger partial charge in [0.05, 0.1) is 40.0 Å². The highest BCUT2D eigenvalue weighted by Gasteiger charge is 2.53. The van der Waals surface area contributed by atoms with E-state index in [4.69, 9.17) is 14.7 Å². The second kappa shape index (κ2) is 22.9. The molecule has 2 aliphatic carbocycles. The minimum Gasteiger partial charge on any atom is -0.507 e. The van der Waals surface area contributed by atoms with Gasteiger partial charge in [-0.15, -0.1) is 21.5 Å². The number of nitrogens with zero attached hydrogens (tertiary/aromatic N) is 9. The van der Waals surface area contributed by atoms with Crippen molar-refractivity contribution in [3.8, 4) is 33.2 Å². The Morgan fingerprint density at radius 2 is 1.61 bits per heavy atom. The maximum absolute atomic E-state index is 14.8. The number of alkyl halides is 1. The van der Waals surface area contributed by atoms with E-state index >= 15 is 0 Å². The van der Waals surface area contributed by atoms with Gasteiger partial charge in [0.1, 0.15) is 23.6 Å². The van der Waals surface area contributed by atoms with E-state index in [2.05, 4.69) is 70.9 Å². The summed E-state index contributed by atoms with van der Waals surface area (Å²) in [7, 11) is 0. The summed E-state index contributed by atoms with van der Waals surface area (Å²) >= 11 is 1.57. The number of β-amino-alcohol motifs (C(OH)–C–C–N with tert-alkyl or cyclic N) is 1. The van der Waals surface area contributed by atoms with Crippen LogP contribution >= 0.6 is 11.3 Å². The molecule has 20 heteroatoms. The Labute approximate surface area is 482 Å². The number of aromatic amines is 1. The van der Waals surface area contributed by atoms with Crippen LogP contribution in [0.3, 0.4) is 0 Å². The Bertz CT molecular complexity index is 3300. The number of likely N-dealkylation sites (tertiary alicyclic amines) is 3. The van der Waals surface area contributed by atoms with Crippen molar-refractivity contribution in [2.75, 3.05) is 44.2 Å². The first-order chi connectivity index (χ1) is 39.5. The van der Waals surface area contributed by atoms with Crippen molar-refractivity contribution in [3.63, 3.8) is 0 Å². The van der Waals surface area contributed by atoms with E-state index in [9.17, 15) is 29.0 Å². The van der Waals surface area contributed by atoms with Crippen LogP contribution in [0.2, 0.25) is 0 Å². The lowest BCUT2D eigenvalue weighted by Crippen LogP contribution is -2.59. The van der Waals surface area contributed by atoms with Crippen LogP contribution in [-0.4, -0.2) is 154 Å². The third-order valence-corrected chi connectivity index (χ3v) is 19.6. The summed E-state index contributed by atoms with van der Waals surface area (Å²) in [5.74, 6) is 0.313. The Morgan fingerprint density at radius 1 is 0.902 bits per heavy atom. The number of para-hydroxylation sites is 1. The van der Waals surface area contributed by atoms with Crippen LogP contribution in [0.5, 0.6) is 11.5 Å². The van der Waals surface area contributed by atoms with Gasteiger partial charge in [-0.2, -0.15) is 0 Å². The van der Waals surface area contributed by atoms with Gasteiger partial charge in [0.2, 0.25) is 17.8 Å². The number of piperidine rings is 2. The third-order valence-electron chi connectivity index (χ3n) is 18.6. The van der Waals surface area contributed by atoms with Gasteiger partial charge < -0.3 is 50.2 Å². The average molecular weight is 1140 g/mol. The standard InChI is InChI=1S/C62H77FN12O6S/c1-36-54(82-35-67-36)39-10-11-40(31-64-57(78)50-29-44(76)34-75(50)58(79)55(61(3,4)5)69-59(80)62(63)21-22-62)52(28-39)81-45-14-12-42(13-15-45)73-25-18-43(19-26-73)72-23-16-38(17-24-72)41-32-65-60(66-33-41)74-27-20-48-53(37(74)2)47-30-49(70-71-56(47)68-48)46-8-6-7-9-51(46)77/h6-11,28,30,32-33,35,37-38,42-45,50,55,76-77H,12-27,29,31,34H2,1-5H3,(H,64,78)(H,68,71)(H,69,80)/t37-,42?,44+,45?,50-,55+/m0/s1. The first-order valence-electron chi connectivity index (χ1n) is 29.7. The number of anilines is 1. The van der Waals surface area contributed by atoms with E-state index in [1.807, 2.05) is 42.8 Å². The van der Waals surface area contributed by atoms with E-state index in [-0.39, 0.29) is 50.2 Å². The highest BCUT2D eigenvalue weighted by Crippen LogP contribution is 2.42. The normalized spacial score (nSPS) is 24.1. The zero-order valence-electron chi connectivity index (χ0n) is 47.7. The summed E-state index contributed by atoms with van der Waals surface area (Å²) in [5.41, 5.74) is 7.43. The van der Waals surface area contributed by atoms with Crippen LogP contribution in [0.15, 0.2) is 66.4 Å². The number of fused-ring (bicyclic) bond motifs is 3. The van der Waals surface area contributed by atoms with Crippen LogP contribution < -0.4 is 20.3 Å². The number of aliphatic hydroxyl groups is 1. The van der Waals surface area contributed by atoms with E-state index in [0.29, 0.717) is 35.0 Å². The van der Waals surface area contributed by atoms with Crippen LogP contribution in [0.4, 0.5) is 10.3 Å². The molecule has 2 saturated carbocycles. The van der Waals surface area contributed by atoms with Gasteiger partial charge >= 0.3 is 0 Å². The highest BCUT2D eigenvalue weighted by molar-refractivity contribution is 7.13. The molecule has 8 heterocycles. The molecule has 18 nitrogen and oxygen atoms in total. The van der Waals surface area contributed by atoms with E-state index in [1.165, 1.54) is 28.9 Å². The molecule has 0 spiro atoms. The number of phenols is 1. The molecule has 5 fully saturated rings. The van der Waals surface area contributed by atoms with Crippen molar-refractivity contribution in [3.05, 3.63) is 94.5 Å². The lowest BCUT2D eigenvalue weighted by atomic mass is 9.85. The summed E-state index contributed by atoms with van der Waals surface area (Å²) in [6, 6.07) is 14.4. The molecular weight excluding hydrogens is 1060 g/mol. The molecule has 3 saturated heterocycles. The number of carbonyl (C=O) groups excluding carboxylic acids is 3. The number of ether oxygens (including phenoxy) is 1. The fourth-order valence-electron chi connectivity index (χ4n) is 13.6. The van der Waals surface area contributed by atoms with Gasteiger partial charge in [-0.05, 0) is 151 Å². The Hall–Kier alpha value is -6.61. The highest BCUT2D eigenvalue weighted by atomic mass is 32.1. The fraction of sp³-hybridized carbons (Fsp3) is 0.548. The molecule has 4 atom stereocenters. The Balaban J connectivity index is 0.619. The van der Waals surface area contributed by atoms with Crippen LogP contribution in [-0.2, 0) is 27.3 Å². The molecule has 6 aliphatic rings. The molecular formula is C62H77FN12O6S. The second-order valence-corrected chi connectivity index (χ2v) is 25.9. The quantitative estimate of drug-likeness (QED) is 0.0693. The number of halogens is 1. The van der Waals surface area contributed by atoms with Gasteiger partial charge in [-0.3, -0.25) is 14.4 Å². The van der Waals surface area contributed by atoms with E-state index in [1.54, 1.807) is 44.2 Å². The van der Waals surface area contributed by atoms with Gasteiger partial charge in [0, 0.05) is 84.7 Å². The molecule has 0 radical (unpaired) electrons. The number of aromatic hydroxyl groups is 1. The molecule has 0 unspecified atom stereocenters. The zero-order chi connectivity index (χ0) is 57.0. The topological polar surface area (TPSA) is 218 Å². The number of aryl methyl sites for hydroxylation is 1. The maximum Gasteiger partial charge on any atom is 0.258 e. The molecule has 0 bridgehead atoms. The first kappa shape index (κ1) is 55.9. The van der Waals surface area contributed by atoms with Crippen molar-refractivity contribution in [1.29, 1.82) is 0 Å². The molecule has 4 aliphatic heterocycles. The number of nitrogens with one attached hydrogen (secondary N) is 3. The molecule has 3 amide bonds. The fourth-order valence-corrected chi connectivity index (χ4v) is 14.4. The summed E-state index contributed by atoms with van der Waals surface area (Å²) < 4.78 is 21.7. The smallest absolute Gasteiger partial charge is 0.258 e. The van der Waals surface area contributed by atoms with Crippen LogP contribution in [0.25, 0.3) is 32.7 Å². The number of rotatable bonds is 14. The summed E-state index contributed by atoms with van der Waals surface area (Å²) in [5, 5.41) is 36.9. The number of thiazole rings is 1. The predicted octanol–water partition coefficient (Wildman–Crippen LogP) is 8.32. The van der Waals surface area contributed by atoms with Gasteiger partial charge in [-0.1, -0.05) is 45.0 Å². The Kier molecular flexibility index (Phi) is 15.6. The first-order valence-corrected chi connectivity index (χ1v) is 30.6. The molecule has 434 valence electrons. The number of aliphatic hydroxyl groups excluding tert-OH is 1. The monoisotopic (exact) mass is 1140 g/mol. The van der Waals surface area contributed by atoms with Crippen LogP contribution in [0, 0.1) is 12.3 Å². The van der Waals surface area contributed by atoms with E-state index < -0.39 is 47.0 Å². The molecule has 82 heavy (non-hydrogen) atoms. The van der Waals surface area contributed by atoms with Crippen molar-refractivity contribution in [1.82, 2.24) is 55.5 Å². The van der Waals surface area contributed by atoms with Crippen molar-refractivity contribution in [2.45, 2.75) is 172 Å². The van der Waals surface area contributed by atoms with E-state index in [0.717, 1.165) is 122 Å². The number of carbonyl (C=O) groups is 3. The number of H-pyrrole nitrogens is 1. The SMILES string of the molecule is Cc1ncsc1-c1ccc(CNC(=O)[C@@H]2C[C@@H](O)CN2C(=O)[C@@H](NC(=O)C2(F)CC2)C(C)(C)C)c(OC2CCC(N3CCC(N4CCC(c5cnc(N6CCc7[nH]c8nnc(-c9ccccc9O)cc8c7[C@@H]6C)nc5)CC4)CC3)CC2)c1. The van der Waals surface area contributed by atoms with Gasteiger partial charge in [-0.25, -0.2) is 19.3 Å². The predicted molar refractivity (Wildman–Crippen MR) is 312 cm³/mol. The molecule has 2 aromatic carbocycles. The van der Waals surface area contributed by atoms with Crippen molar-refractivity contribution >= 4 is 46.0 Å². The third kappa shape index (κ3) is 11.4. The molecule has 6 aromatic rings. The molecule has 4 aromatic heterocycles. The minimum absolute atomic E-state index is 0.00926. The Morgan fingerprint density at radius 3 is 2.29 bits per heavy atom. The summed E-state index contributed by atoms with van der Waals surface area (Å²) in [6.07, 6.45) is 12.8. The lowest BCUT2D eigenvalue weighted by molar-refractivity contribution is -0.145. The number of hydrogen-bond acceptors (Lipinski definition) is 15. The summed E-state index contributed by atoms with van der Waals surface area (Å²) in [6.45, 7) is 14.8. The zero-order valence-corrected chi connectivity index (χ0v) is 48.6. The molecule has 12 rings (SSSR count). The van der Waals surface area contributed by atoms with Crippen molar-refractivity contribution < 1.29 is 33.7 Å². The summed E-state index contributed by atoms with van der Waals surface area (Å²) in [4.78, 5) is 69.0. The number of amides is 3. The second-order valence-electron chi connectivity index (χ2n) is 25.0. The number of phenolic OH excluding ortho intramolecular Hbond substituents is 1. The van der Waals surface area contributed by atoms with Crippen LogP contribution in [0.1, 0.15) is 138 Å². The number of hydrogen-bond donors (Lipinski definition) is 5. The van der Waals surface area contributed by atoms with Crippen molar-refractivity contribution in [2.24, 2.45) is 5.41 Å². The molecule has 5 N–H and O–H groups in total. The number of benzene rings is 2. The number of aromatic nitrogens is 6. The average Bonchev–Trinajstić information content (AvgIpc) is 3.77. The largest absolute Gasteiger partial charge is 0.507 e. The lowest BCUT2D eigenvalue weighted by Gasteiger charge is -2.45. The van der Waals surface area contributed by atoms with Gasteiger partial charge in [0.15, 0.2) is 11.3 Å².